The van der Waals surface area contributed by atoms with Gasteiger partial charge in [0.1, 0.15) is 0 Å². The second-order valence-electron chi connectivity index (χ2n) is 3.52. The summed E-state index contributed by atoms with van der Waals surface area (Å²) in [5.74, 6) is 0.561. The van der Waals surface area contributed by atoms with Crippen molar-refractivity contribution in [2.45, 2.75) is 26.8 Å². The van der Waals surface area contributed by atoms with Gasteiger partial charge in [-0.3, -0.25) is 4.79 Å². The first-order chi connectivity index (χ1) is 7.74. The van der Waals surface area contributed by atoms with E-state index in [-0.39, 0.29) is 5.56 Å². The summed E-state index contributed by atoms with van der Waals surface area (Å²) in [5.41, 5.74) is -0.000556. The second kappa shape index (κ2) is 6.68. The van der Waals surface area contributed by atoms with Gasteiger partial charge < -0.3 is 9.47 Å². The van der Waals surface area contributed by atoms with Crippen LogP contribution in [0.4, 0.5) is 5.82 Å². The summed E-state index contributed by atoms with van der Waals surface area (Å²) < 4.78 is 1.68. The normalized spacial score (nSPS) is 10.4. The third-order valence-electron chi connectivity index (χ3n) is 2.38. The molecule has 0 bridgehead atoms. The van der Waals surface area contributed by atoms with Crippen molar-refractivity contribution in [3.8, 4) is 0 Å². The Kier molecular flexibility index (Phi) is 5.52. The molecule has 1 aromatic rings. The minimum Gasteiger partial charge on any atom is -0.351 e. The monoisotopic (exact) mass is 287 g/mol. The Morgan fingerprint density at radius 1 is 1.44 bits per heavy atom. The maximum absolute atomic E-state index is 12.0. The van der Waals surface area contributed by atoms with Crippen molar-refractivity contribution in [1.82, 2.24) is 9.55 Å². The molecule has 0 saturated heterocycles. The molecule has 4 nitrogen and oxygen atoms in total. The number of anilines is 1. The molecule has 16 heavy (non-hydrogen) atoms. The van der Waals surface area contributed by atoms with Crippen molar-refractivity contribution in [1.29, 1.82) is 0 Å². The maximum Gasteiger partial charge on any atom is 0.293 e. The van der Waals surface area contributed by atoms with Crippen LogP contribution >= 0.6 is 15.9 Å². The zero-order valence-corrected chi connectivity index (χ0v) is 11.4. The minimum atomic E-state index is -0.000556. The summed E-state index contributed by atoms with van der Waals surface area (Å²) in [5, 5.41) is 0.842. The first-order valence-electron chi connectivity index (χ1n) is 5.60. The number of rotatable bonds is 6. The van der Waals surface area contributed by atoms with Crippen LogP contribution in [-0.4, -0.2) is 28.0 Å². The Hall–Kier alpha value is -0.840. The van der Waals surface area contributed by atoms with Crippen molar-refractivity contribution in [3.63, 3.8) is 0 Å². The molecule has 0 fully saturated rings. The fraction of sp³-hybridized carbons (Fsp3) is 0.636. The Morgan fingerprint density at radius 2 is 2.19 bits per heavy atom. The van der Waals surface area contributed by atoms with Crippen LogP contribution in [0, 0.1) is 0 Å². The molecule has 90 valence electrons. The van der Waals surface area contributed by atoms with E-state index in [1.165, 1.54) is 0 Å². The van der Waals surface area contributed by atoms with E-state index in [0.29, 0.717) is 12.4 Å². The highest BCUT2D eigenvalue weighted by atomic mass is 79.9. The van der Waals surface area contributed by atoms with E-state index in [4.69, 9.17) is 0 Å². The second-order valence-corrected chi connectivity index (χ2v) is 4.31. The van der Waals surface area contributed by atoms with Crippen molar-refractivity contribution >= 4 is 21.7 Å². The lowest BCUT2D eigenvalue weighted by atomic mass is 10.4. The molecule has 0 aromatic carbocycles. The van der Waals surface area contributed by atoms with Crippen LogP contribution in [0.5, 0.6) is 0 Å². The molecule has 1 heterocycles. The lowest BCUT2D eigenvalue weighted by molar-refractivity contribution is 0.696. The van der Waals surface area contributed by atoms with Gasteiger partial charge in [-0.2, -0.15) is 0 Å². The lowest BCUT2D eigenvalue weighted by Crippen LogP contribution is -2.35. The van der Waals surface area contributed by atoms with Crippen LogP contribution in [0.15, 0.2) is 17.2 Å². The molecule has 0 radical (unpaired) electrons. The third-order valence-corrected chi connectivity index (χ3v) is 2.74. The third kappa shape index (κ3) is 3.07. The maximum atomic E-state index is 12.0. The summed E-state index contributed by atoms with van der Waals surface area (Å²) >= 11 is 3.40. The van der Waals surface area contributed by atoms with Crippen molar-refractivity contribution in [3.05, 3.63) is 22.7 Å². The van der Waals surface area contributed by atoms with E-state index in [1.807, 2.05) is 11.8 Å². The number of aryl methyl sites for hydroxylation is 1. The summed E-state index contributed by atoms with van der Waals surface area (Å²) in [4.78, 5) is 18.3. The molecule has 5 heteroatoms. The summed E-state index contributed by atoms with van der Waals surface area (Å²) in [7, 11) is 0. The molecule has 0 spiro atoms. The average molecular weight is 288 g/mol. The highest BCUT2D eigenvalue weighted by Gasteiger charge is 2.11. The molecule has 0 aliphatic rings. The van der Waals surface area contributed by atoms with E-state index in [1.54, 1.807) is 17.0 Å². The van der Waals surface area contributed by atoms with E-state index in [9.17, 15) is 4.79 Å². The molecular formula is C11H18BrN3O. The first-order valence-corrected chi connectivity index (χ1v) is 6.73. The molecule has 0 saturated carbocycles. The molecule has 0 aliphatic heterocycles. The number of halogens is 1. The van der Waals surface area contributed by atoms with Crippen LogP contribution in [0.25, 0.3) is 0 Å². The Morgan fingerprint density at radius 3 is 2.75 bits per heavy atom. The minimum absolute atomic E-state index is 0.000556. The van der Waals surface area contributed by atoms with Gasteiger partial charge in [-0.05, 0) is 13.3 Å². The Bertz CT molecular complexity index is 372. The zero-order chi connectivity index (χ0) is 12.0. The molecule has 0 aliphatic carbocycles. The van der Waals surface area contributed by atoms with Crippen LogP contribution in [0.3, 0.4) is 0 Å². The van der Waals surface area contributed by atoms with E-state index in [2.05, 4.69) is 27.8 Å². The SMILES string of the molecule is CCCN(CCBr)c1nccn(CC)c1=O. The summed E-state index contributed by atoms with van der Waals surface area (Å²) in [6, 6.07) is 0. The fourth-order valence-electron chi connectivity index (χ4n) is 1.60. The standard InChI is InChI=1S/C11H18BrN3O/c1-3-7-15(8-5-12)10-11(16)14(4-2)9-6-13-10/h6,9H,3-5,7-8H2,1-2H3. The van der Waals surface area contributed by atoms with Crippen molar-refractivity contribution < 1.29 is 0 Å². The van der Waals surface area contributed by atoms with Gasteiger partial charge >= 0.3 is 0 Å². The predicted molar refractivity (Wildman–Crippen MR) is 70.5 cm³/mol. The van der Waals surface area contributed by atoms with Gasteiger partial charge in [-0.15, -0.1) is 0 Å². The first kappa shape index (κ1) is 13.2. The Labute approximate surface area is 104 Å². The number of hydrogen-bond donors (Lipinski definition) is 0. The zero-order valence-electron chi connectivity index (χ0n) is 9.82. The van der Waals surface area contributed by atoms with Crippen LogP contribution in [0.1, 0.15) is 20.3 Å². The highest BCUT2D eigenvalue weighted by Crippen LogP contribution is 2.05. The van der Waals surface area contributed by atoms with Crippen molar-refractivity contribution in [2.24, 2.45) is 0 Å². The number of aromatic nitrogens is 2. The van der Waals surface area contributed by atoms with Gasteiger partial charge in [0, 0.05) is 37.4 Å². The average Bonchev–Trinajstić information content (AvgIpc) is 2.29. The molecule has 1 rings (SSSR count). The van der Waals surface area contributed by atoms with Gasteiger partial charge in [0.15, 0.2) is 5.82 Å². The molecular weight excluding hydrogens is 270 g/mol. The van der Waals surface area contributed by atoms with E-state index < -0.39 is 0 Å². The molecule has 0 amide bonds. The highest BCUT2D eigenvalue weighted by molar-refractivity contribution is 9.09. The largest absolute Gasteiger partial charge is 0.351 e. The smallest absolute Gasteiger partial charge is 0.293 e. The van der Waals surface area contributed by atoms with Crippen LogP contribution in [0.2, 0.25) is 0 Å². The molecule has 0 atom stereocenters. The van der Waals surface area contributed by atoms with Crippen LogP contribution in [-0.2, 0) is 6.54 Å². The summed E-state index contributed by atoms with van der Waals surface area (Å²) in [6.07, 6.45) is 4.43. The number of alkyl halides is 1. The summed E-state index contributed by atoms with van der Waals surface area (Å²) in [6.45, 7) is 6.41. The topological polar surface area (TPSA) is 38.1 Å². The van der Waals surface area contributed by atoms with E-state index >= 15 is 0 Å². The molecule has 1 aromatic heterocycles. The predicted octanol–water partition coefficient (Wildman–Crippen LogP) is 1.87. The molecule has 0 unspecified atom stereocenters. The van der Waals surface area contributed by atoms with Gasteiger partial charge in [0.05, 0.1) is 0 Å². The van der Waals surface area contributed by atoms with Gasteiger partial charge in [-0.25, -0.2) is 4.98 Å². The van der Waals surface area contributed by atoms with Gasteiger partial charge in [0.2, 0.25) is 0 Å². The Balaban J connectivity index is 3.03. The number of nitrogens with zero attached hydrogens (tertiary/aromatic N) is 3. The number of hydrogen-bond acceptors (Lipinski definition) is 3. The van der Waals surface area contributed by atoms with Crippen molar-refractivity contribution in [2.75, 3.05) is 23.3 Å². The van der Waals surface area contributed by atoms with Crippen LogP contribution < -0.4 is 10.5 Å². The quantitative estimate of drug-likeness (QED) is 0.750. The van der Waals surface area contributed by atoms with Gasteiger partial charge in [-0.1, -0.05) is 22.9 Å². The van der Waals surface area contributed by atoms with E-state index in [0.717, 1.165) is 24.8 Å². The molecule has 0 N–H and O–H groups in total. The van der Waals surface area contributed by atoms with Gasteiger partial charge in [0.25, 0.3) is 5.56 Å². The fourth-order valence-corrected chi connectivity index (χ4v) is 2.03. The lowest BCUT2D eigenvalue weighted by Gasteiger charge is -2.21.